The molecule has 0 bridgehead atoms. The molecule has 2 aliphatic rings. The largest absolute Gasteiger partial charge is 0.310 e. The first kappa shape index (κ1) is 24.6. The van der Waals surface area contributed by atoms with Gasteiger partial charge in [-0.2, -0.15) is 0 Å². The van der Waals surface area contributed by atoms with Crippen LogP contribution in [-0.2, 0) is 5.41 Å². The minimum absolute atomic E-state index is 0.523. The first-order valence-electron chi connectivity index (χ1n) is 15.6. The summed E-state index contributed by atoms with van der Waals surface area (Å²) in [5.41, 5.74) is 14.6. The molecule has 210 valence electrons. The first-order chi connectivity index (χ1) is 22.4. The molecule has 1 aliphatic heterocycles. The van der Waals surface area contributed by atoms with Gasteiger partial charge in [0.2, 0.25) is 0 Å². The Balaban J connectivity index is 1.43. The van der Waals surface area contributed by atoms with Crippen LogP contribution in [0.1, 0.15) is 22.3 Å². The Morgan fingerprint density at radius 1 is 0.422 bits per heavy atom. The number of hydrogen-bond donors (Lipinski definition) is 0. The Bertz CT molecular complexity index is 2400. The molecule has 2 heterocycles. The lowest BCUT2D eigenvalue weighted by atomic mass is 9.65. The smallest absolute Gasteiger partial charge is 0.0775 e. The Morgan fingerprint density at radius 2 is 1.00 bits per heavy atom. The summed E-state index contributed by atoms with van der Waals surface area (Å²) < 4.78 is 2.51. The summed E-state index contributed by atoms with van der Waals surface area (Å²) in [7, 11) is 0. The van der Waals surface area contributed by atoms with Gasteiger partial charge in [-0.3, -0.25) is 0 Å². The molecule has 7 aromatic carbocycles. The van der Waals surface area contributed by atoms with Crippen LogP contribution in [-0.4, -0.2) is 4.57 Å². The van der Waals surface area contributed by atoms with E-state index in [1.165, 1.54) is 66.6 Å². The molecular formula is C43H28N2. The van der Waals surface area contributed by atoms with Gasteiger partial charge in [0.15, 0.2) is 0 Å². The number of nitrogens with zero attached hydrogens (tertiary/aromatic N) is 2. The van der Waals surface area contributed by atoms with Crippen molar-refractivity contribution in [1.82, 2.24) is 4.57 Å². The SMILES string of the molecule is c1ccc(N(c2ccccc2)c2cccc3c2C2(c4ccccc4-3)c3ccccc3-n3c4ccccc4c4cccc2c43)cc1. The Morgan fingerprint density at radius 3 is 1.80 bits per heavy atom. The van der Waals surface area contributed by atoms with E-state index in [0.29, 0.717) is 0 Å². The number of fused-ring (bicyclic) bond motifs is 12. The van der Waals surface area contributed by atoms with E-state index in [9.17, 15) is 0 Å². The third-order valence-electron chi connectivity index (χ3n) is 9.96. The second-order valence-corrected chi connectivity index (χ2v) is 12.1. The normalized spacial score (nSPS) is 15.6. The van der Waals surface area contributed by atoms with Crippen molar-refractivity contribution in [1.29, 1.82) is 0 Å². The zero-order valence-electron chi connectivity index (χ0n) is 24.6. The molecular weight excluding hydrogens is 544 g/mol. The van der Waals surface area contributed by atoms with Crippen LogP contribution in [0, 0.1) is 0 Å². The highest BCUT2D eigenvalue weighted by molar-refractivity contribution is 6.13. The van der Waals surface area contributed by atoms with Crippen LogP contribution in [0.3, 0.4) is 0 Å². The van der Waals surface area contributed by atoms with Crippen LogP contribution in [0.15, 0.2) is 170 Å². The van der Waals surface area contributed by atoms with Gasteiger partial charge < -0.3 is 9.47 Å². The van der Waals surface area contributed by atoms with Crippen LogP contribution in [0.25, 0.3) is 38.6 Å². The summed E-state index contributed by atoms with van der Waals surface area (Å²) >= 11 is 0. The maximum Gasteiger partial charge on any atom is 0.0775 e. The second kappa shape index (κ2) is 9.07. The number of hydrogen-bond acceptors (Lipinski definition) is 1. The van der Waals surface area contributed by atoms with Crippen molar-refractivity contribution in [3.63, 3.8) is 0 Å². The molecule has 8 aromatic rings. The predicted octanol–water partition coefficient (Wildman–Crippen LogP) is 10.9. The zero-order chi connectivity index (χ0) is 29.5. The van der Waals surface area contributed by atoms with Crippen molar-refractivity contribution in [2.75, 3.05) is 4.90 Å². The van der Waals surface area contributed by atoms with Crippen LogP contribution in [0.2, 0.25) is 0 Å². The molecule has 2 nitrogen and oxygen atoms in total. The molecule has 2 heteroatoms. The van der Waals surface area contributed by atoms with Crippen LogP contribution in [0.4, 0.5) is 17.1 Å². The highest BCUT2D eigenvalue weighted by atomic mass is 15.1. The van der Waals surface area contributed by atoms with Crippen molar-refractivity contribution in [3.8, 4) is 16.8 Å². The maximum atomic E-state index is 2.51. The van der Waals surface area contributed by atoms with Gasteiger partial charge in [0.25, 0.3) is 0 Å². The quantitative estimate of drug-likeness (QED) is 0.204. The molecule has 0 amide bonds. The van der Waals surface area contributed by atoms with E-state index in [0.717, 1.165) is 11.4 Å². The van der Waals surface area contributed by atoms with Gasteiger partial charge in [0.05, 0.1) is 27.8 Å². The summed E-state index contributed by atoms with van der Waals surface area (Å²) in [4.78, 5) is 2.44. The van der Waals surface area contributed by atoms with Crippen molar-refractivity contribution >= 4 is 38.9 Å². The average molecular weight is 573 g/mol. The summed E-state index contributed by atoms with van der Waals surface area (Å²) in [6.45, 7) is 0. The van der Waals surface area contributed by atoms with E-state index in [1.807, 2.05) is 0 Å². The van der Waals surface area contributed by atoms with Crippen LogP contribution >= 0.6 is 0 Å². The fraction of sp³-hybridized carbons (Fsp3) is 0.0233. The monoisotopic (exact) mass is 572 g/mol. The number of para-hydroxylation sites is 5. The van der Waals surface area contributed by atoms with Crippen molar-refractivity contribution in [2.45, 2.75) is 5.41 Å². The fourth-order valence-corrected chi connectivity index (χ4v) is 8.37. The Kier molecular flexibility index (Phi) is 4.95. The van der Waals surface area contributed by atoms with Gasteiger partial charge in [-0.05, 0) is 70.3 Å². The molecule has 0 N–H and O–H groups in total. The molecule has 0 fully saturated rings. The molecule has 1 spiro atoms. The molecule has 0 radical (unpaired) electrons. The number of aromatic nitrogens is 1. The standard InChI is InChI=1S/C43H28N2/c1-3-15-29(16-4-1)44(30-17-5-2-6-18-30)40-28-14-21-33-31-19-7-9-23-35(31)43(41(33)40)36-24-10-12-27-39(36)45-38-26-11-8-20-32(38)34-22-13-25-37(43)42(34)45/h1-28H. The van der Waals surface area contributed by atoms with Gasteiger partial charge in [-0.1, -0.05) is 127 Å². The topological polar surface area (TPSA) is 8.17 Å². The van der Waals surface area contributed by atoms with E-state index in [4.69, 9.17) is 0 Å². The summed E-state index contributed by atoms with van der Waals surface area (Å²) in [6, 6.07) is 62.4. The van der Waals surface area contributed by atoms with Crippen molar-refractivity contribution in [2.24, 2.45) is 0 Å². The van der Waals surface area contributed by atoms with Crippen LogP contribution < -0.4 is 4.90 Å². The summed E-state index contributed by atoms with van der Waals surface area (Å²) in [6.07, 6.45) is 0. The number of benzene rings is 7. The van der Waals surface area contributed by atoms with E-state index in [2.05, 4.69) is 179 Å². The third-order valence-corrected chi connectivity index (χ3v) is 9.96. The van der Waals surface area contributed by atoms with Crippen molar-refractivity contribution in [3.05, 3.63) is 192 Å². The molecule has 1 unspecified atom stereocenters. The van der Waals surface area contributed by atoms with E-state index in [1.54, 1.807) is 0 Å². The Hall–Kier alpha value is -5.86. The van der Waals surface area contributed by atoms with Gasteiger partial charge in [0.1, 0.15) is 0 Å². The lowest BCUT2D eigenvalue weighted by Crippen LogP contribution is -2.34. The predicted molar refractivity (Wildman–Crippen MR) is 186 cm³/mol. The molecule has 45 heavy (non-hydrogen) atoms. The minimum atomic E-state index is -0.523. The van der Waals surface area contributed by atoms with Gasteiger partial charge in [-0.25, -0.2) is 0 Å². The first-order valence-corrected chi connectivity index (χ1v) is 15.6. The molecule has 0 saturated carbocycles. The molecule has 0 saturated heterocycles. The molecule has 1 atom stereocenters. The number of anilines is 3. The van der Waals surface area contributed by atoms with Crippen molar-refractivity contribution < 1.29 is 0 Å². The van der Waals surface area contributed by atoms with Gasteiger partial charge in [-0.15, -0.1) is 0 Å². The summed E-state index contributed by atoms with van der Waals surface area (Å²) in [5, 5.41) is 2.58. The van der Waals surface area contributed by atoms with Crippen LogP contribution in [0.5, 0.6) is 0 Å². The highest BCUT2D eigenvalue weighted by Crippen LogP contribution is 2.63. The maximum absolute atomic E-state index is 2.51. The van der Waals surface area contributed by atoms with E-state index < -0.39 is 5.41 Å². The fourth-order valence-electron chi connectivity index (χ4n) is 8.37. The third kappa shape index (κ3) is 3.08. The second-order valence-electron chi connectivity index (χ2n) is 12.1. The molecule has 1 aliphatic carbocycles. The van der Waals surface area contributed by atoms with Gasteiger partial charge >= 0.3 is 0 Å². The lowest BCUT2D eigenvalue weighted by molar-refractivity contribution is 0.748. The minimum Gasteiger partial charge on any atom is -0.310 e. The highest BCUT2D eigenvalue weighted by Gasteiger charge is 2.52. The molecule has 1 aromatic heterocycles. The van der Waals surface area contributed by atoms with Gasteiger partial charge in [0, 0.05) is 27.7 Å². The van der Waals surface area contributed by atoms with E-state index in [-0.39, 0.29) is 0 Å². The lowest BCUT2D eigenvalue weighted by Gasteiger charge is -2.41. The molecule has 10 rings (SSSR count). The Labute approximate surface area is 262 Å². The van der Waals surface area contributed by atoms with E-state index >= 15 is 0 Å². The average Bonchev–Trinajstić information content (AvgIpc) is 3.61. The number of rotatable bonds is 3. The zero-order valence-corrected chi connectivity index (χ0v) is 24.6. The summed E-state index contributed by atoms with van der Waals surface area (Å²) in [5.74, 6) is 0.